The molecule has 0 saturated carbocycles. The van der Waals surface area contributed by atoms with Crippen LogP contribution in [0.15, 0.2) is 46.3 Å². The lowest BCUT2D eigenvalue weighted by Crippen LogP contribution is -2.25. The molecule has 2 aromatic carbocycles. The van der Waals surface area contributed by atoms with E-state index in [0.29, 0.717) is 29.5 Å². The Hall–Kier alpha value is -4.39. The maximum absolute atomic E-state index is 12.6. The van der Waals surface area contributed by atoms with Crippen molar-refractivity contribution >= 4 is 35.1 Å². The van der Waals surface area contributed by atoms with Crippen LogP contribution in [0.4, 0.5) is 11.5 Å². The predicted octanol–water partition coefficient (Wildman–Crippen LogP) is 1.76. The van der Waals surface area contributed by atoms with Gasteiger partial charge in [0.15, 0.2) is 34.0 Å². The SMILES string of the molecule is COc1ccc(C(=O)Nc2c(N)nc(SCC(=O)NCc3ccc4c(c3)OCO4)[nH]c2=O)cc1OC. The lowest BCUT2D eigenvalue weighted by atomic mass is 10.2. The van der Waals surface area contributed by atoms with Crippen LogP contribution in [0.5, 0.6) is 23.0 Å². The Morgan fingerprint density at radius 1 is 1.11 bits per heavy atom. The van der Waals surface area contributed by atoms with E-state index in [1.54, 1.807) is 18.2 Å². The molecule has 0 saturated heterocycles. The largest absolute Gasteiger partial charge is 0.493 e. The average molecular weight is 514 g/mol. The number of thioether (sulfide) groups is 1. The number of nitrogen functional groups attached to an aromatic ring is 1. The van der Waals surface area contributed by atoms with E-state index < -0.39 is 11.5 Å². The molecule has 4 rings (SSSR count). The second kappa shape index (κ2) is 10.9. The highest BCUT2D eigenvalue weighted by atomic mass is 32.2. The molecule has 3 aromatic rings. The van der Waals surface area contributed by atoms with Gasteiger partial charge in [0.05, 0.1) is 20.0 Å². The predicted molar refractivity (Wildman–Crippen MR) is 132 cm³/mol. The fourth-order valence-electron chi connectivity index (χ4n) is 3.26. The summed E-state index contributed by atoms with van der Waals surface area (Å²) in [6.07, 6.45) is 0. The van der Waals surface area contributed by atoms with Crippen LogP contribution in [0, 0.1) is 0 Å². The van der Waals surface area contributed by atoms with Crippen LogP contribution in [0.1, 0.15) is 15.9 Å². The molecule has 2 heterocycles. The quantitative estimate of drug-likeness (QED) is 0.244. The number of nitrogens with two attached hydrogens (primary N) is 1. The Morgan fingerprint density at radius 3 is 2.64 bits per heavy atom. The molecular formula is C23H23N5O7S. The number of nitrogens with zero attached hydrogens (tertiary/aromatic N) is 1. The van der Waals surface area contributed by atoms with Crippen LogP contribution in [-0.4, -0.2) is 48.5 Å². The van der Waals surface area contributed by atoms with Crippen LogP contribution in [0.3, 0.4) is 0 Å². The normalized spacial score (nSPS) is 11.6. The Balaban J connectivity index is 1.34. The van der Waals surface area contributed by atoms with E-state index in [2.05, 4.69) is 20.6 Å². The molecular weight excluding hydrogens is 490 g/mol. The van der Waals surface area contributed by atoms with Gasteiger partial charge < -0.3 is 35.3 Å². The summed E-state index contributed by atoms with van der Waals surface area (Å²) in [6.45, 7) is 0.470. The number of H-pyrrole nitrogens is 1. The minimum atomic E-state index is -0.653. The van der Waals surface area contributed by atoms with E-state index in [1.807, 2.05) is 6.07 Å². The summed E-state index contributed by atoms with van der Waals surface area (Å²) in [5.41, 5.74) is 6.13. The third-order valence-electron chi connectivity index (χ3n) is 5.08. The lowest BCUT2D eigenvalue weighted by molar-refractivity contribution is -0.118. The number of benzene rings is 2. The zero-order chi connectivity index (χ0) is 25.7. The molecule has 0 aliphatic carbocycles. The topological polar surface area (TPSA) is 167 Å². The van der Waals surface area contributed by atoms with Gasteiger partial charge in [-0.15, -0.1) is 0 Å². The first-order valence-corrected chi connectivity index (χ1v) is 11.6. The summed E-state index contributed by atoms with van der Waals surface area (Å²) in [4.78, 5) is 44.0. The molecule has 5 N–H and O–H groups in total. The van der Waals surface area contributed by atoms with Crippen LogP contribution in [0.2, 0.25) is 0 Å². The first-order chi connectivity index (χ1) is 17.4. The number of rotatable bonds is 9. The molecule has 1 aliphatic heterocycles. The lowest BCUT2D eigenvalue weighted by Gasteiger charge is -2.11. The molecule has 0 spiro atoms. The number of hydrogen-bond acceptors (Lipinski definition) is 10. The first kappa shape index (κ1) is 24.7. The van der Waals surface area contributed by atoms with Gasteiger partial charge in [0.25, 0.3) is 11.5 Å². The van der Waals surface area contributed by atoms with Crippen molar-refractivity contribution in [3.8, 4) is 23.0 Å². The van der Waals surface area contributed by atoms with Gasteiger partial charge in [-0.2, -0.15) is 0 Å². The van der Waals surface area contributed by atoms with E-state index in [-0.39, 0.29) is 40.7 Å². The van der Waals surface area contributed by atoms with Crippen LogP contribution in [0.25, 0.3) is 0 Å². The second-order valence-corrected chi connectivity index (χ2v) is 8.37. The molecule has 188 valence electrons. The van der Waals surface area contributed by atoms with Gasteiger partial charge in [-0.05, 0) is 35.9 Å². The van der Waals surface area contributed by atoms with Crippen molar-refractivity contribution in [1.82, 2.24) is 15.3 Å². The fraction of sp³-hybridized carbons (Fsp3) is 0.217. The summed E-state index contributed by atoms with van der Waals surface area (Å²) in [6, 6.07) is 9.96. The molecule has 13 heteroatoms. The van der Waals surface area contributed by atoms with Gasteiger partial charge >= 0.3 is 0 Å². The number of carbonyl (C=O) groups is 2. The number of fused-ring (bicyclic) bond motifs is 1. The van der Waals surface area contributed by atoms with E-state index in [1.165, 1.54) is 26.4 Å². The van der Waals surface area contributed by atoms with Crippen molar-refractivity contribution in [3.05, 3.63) is 57.9 Å². The zero-order valence-electron chi connectivity index (χ0n) is 19.4. The maximum atomic E-state index is 12.6. The van der Waals surface area contributed by atoms with Crippen LogP contribution < -0.4 is 40.9 Å². The summed E-state index contributed by atoms with van der Waals surface area (Å²) in [7, 11) is 2.92. The standard InChI is InChI=1S/C23H23N5O7S/c1-32-14-6-4-13(8-16(14)33-2)21(30)26-19-20(24)27-23(28-22(19)31)36-10-18(29)25-9-12-3-5-15-17(7-12)35-11-34-15/h3-8H,9-11H2,1-2H3,(H,25,29)(H,26,30)(H3,24,27,28,31). The monoisotopic (exact) mass is 513 g/mol. The highest BCUT2D eigenvalue weighted by Crippen LogP contribution is 2.32. The van der Waals surface area contributed by atoms with E-state index in [0.717, 1.165) is 17.3 Å². The number of hydrogen-bond donors (Lipinski definition) is 4. The molecule has 1 aromatic heterocycles. The van der Waals surface area contributed by atoms with Crippen molar-refractivity contribution in [2.45, 2.75) is 11.7 Å². The Bertz CT molecular complexity index is 1360. The second-order valence-electron chi connectivity index (χ2n) is 7.41. The molecule has 2 amide bonds. The van der Waals surface area contributed by atoms with Crippen molar-refractivity contribution in [2.75, 3.05) is 37.8 Å². The first-order valence-electron chi connectivity index (χ1n) is 10.6. The summed E-state index contributed by atoms with van der Waals surface area (Å²) in [5, 5.41) is 5.38. The zero-order valence-corrected chi connectivity index (χ0v) is 20.2. The number of anilines is 2. The van der Waals surface area contributed by atoms with Gasteiger partial charge in [-0.25, -0.2) is 4.98 Å². The number of aromatic nitrogens is 2. The molecule has 0 fully saturated rings. The number of nitrogens with one attached hydrogen (secondary N) is 3. The smallest absolute Gasteiger partial charge is 0.277 e. The third kappa shape index (κ3) is 5.63. The number of methoxy groups -OCH3 is 2. The minimum absolute atomic E-state index is 0.00964. The van der Waals surface area contributed by atoms with E-state index >= 15 is 0 Å². The summed E-state index contributed by atoms with van der Waals surface area (Å²) in [5.74, 6) is 1.05. The average Bonchev–Trinajstić information content (AvgIpc) is 3.35. The van der Waals surface area contributed by atoms with Gasteiger partial charge in [-0.3, -0.25) is 19.4 Å². The molecule has 12 nitrogen and oxygen atoms in total. The minimum Gasteiger partial charge on any atom is -0.493 e. The summed E-state index contributed by atoms with van der Waals surface area (Å²) >= 11 is 0.999. The third-order valence-corrected chi connectivity index (χ3v) is 5.95. The number of ether oxygens (including phenoxy) is 4. The van der Waals surface area contributed by atoms with Crippen molar-refractivity contribution in [2.24, 2.45) is 0 Å². The number of amides is 2. The van der Waals surface area contributed by atoms with Crippen molar-refractivity contribution in [1.29, 1.82) is 0 Å². The van der Waals surface area contributed by atoms with Gasteiger partial charge in [-0.1, -0.05) is 17.8 Å². The highest BCUT2D eigenvalue weighted by molar-refractivity contribution is 7.99. The Labute approximate surface area is 209 Å². The van der Waals surface area contributed by atoms with Crippen molar-refractivity contribution < 1.29 is 28.5 Å². The molecule has 0 radical (unpaired) electrons. The maximum Gasteiger partial charge on any atom is 0.277 e. The number of aromatic amines is 1. The molecule has 1 aliphatic rings. The van der Waals surface area contributed by atoms with E-state index in [4.69, 9.17) is 24.7 Å². The van der Waals surface area contributed by atoms with Gasteiger partial charge in [0.2, 0.25) is 12.7 Å². The highest BCUT2D eigenvalue weighted by Gasteiger charge is 2.17. The molecule has 36 heavy (non-hydrogen) atoms. The fourth-order valence-corrected chi connectivity index (χ4v) is 3.96. The van der Waals surface area contributed by atoms with Crippen LogP contribution in [-0.2, 0) is 11.3 Å². The van der Waals surface area contributed by atoms with E-state index in [9.17, 15) is 14.4 Å². The summed E-state index contributed by atoms with van der Waals surface area (Å²) < 4.78 is 20.9. The van der Waals surface area contributed by atoms with Gasteiger partial charge in [0.1, 0.15) is 5.69 Å². The molecule has 0 atom stereocenters. The Kier molecular flexibility index (Phi) is 7.49. The van der Waals surface area contributed by atoms with Crippen LogP contribution >= 0.6 is 11.8 Å². The van der Waals surface area contributed by atoms with Gasteiger partial charge in [0, 0.05) is 12.1 Å². The number of carbonyl (C=O) groups excluding carboxylic acids is 2. The Morgan fingerprint density at radius 2 is 1.89 bits per heavy atom. The van der Waals surface area contributed by atoms with Crippen molar-refractivity contribution in [3.63, 3.8) is 0 Å². The molecule has 0 unspecified atom stereocenters. The molecule has 0 bridgehead atoms.